The van der Waals surface area contributed by atoms with Gasteiger partial charge in [0.25, 0.3) is 11.6 Å². The van der Waals surface area contributed by atoms with Gasteiger partial charge in [0.2, 0.25) is 5.88 Å². The number of ether oxygens (including phenoxy) is 1. The Hall–Kier alpha value is -3.75. The van der Waals surface area contributed by atoms with Crippen LogP contribution in [0.1, 0.15) is 15.9 Å². The van der Waals surface area contributed by atoms with Crippen molar-refractivity contribution in [3.8, 4) is 17.3 Å². The van der Waals surface area contributed by atoms with Crippen molar-refractivity contribution < 1.29 is 18.9 Å². The van der Waals surface area contributed by atoms with E-state index in [1.807, 2.05) is 0 Å². The summed E-state index contributed by atoms with van der Waals surface area (Å²) in [6.45, 7) is 2.00. The molecule has 9 nitrogen and oxygen atoms in total. The number of benzene rings is 1. The Morgan fingerprint density at radius 3 is 2.78 bits per heavy atom. The van der Waals surface area contributed by atoms with Gasteiger partial charge in [-0.3, -0.25) is 14.9 Å². The van der Waals surface area contributed by atoms with Crippen molar-refractivity contribution in [2.45, 2.75) is 6.92 Å². The summed E-state index contributed by atoms with van der Waals surface area (Å²) in [5, 5.41) is 21.5. The molecule has 138 valence electrons. The SMILES string of the molecule is Cc1ccc(C(=O)NCCOc2ccc(-c3ccco3)nn2)cc1[N+](=O)[O-]. The standard InChI is InChI=1S/C18H16N4O5/c1-12-4-5-13(11-15(12)22(24)25)18(23)19-8-10-27-17-7-6-14(20-21-17)16-3-2-9-26-16/h2-7,9,11H,8,10H2,1H3,(H,19,23). The highest BCUT2D eigenvalue weighted by Gasteiger charge is 2.14. The second kappa shape index (κ2) is 8.09. The van der Waals surface area contributed by atoms with Gasteiger partial charge in [0.15, 0.2) is 5.76 Å². The van der Waals surface area contributed by atoms with Crippen molar-refractivity contribution >= 4 is 11.6 Å². The molecule has 3 rings (SSSR count). The minimum Gasteiger partial charge on any atom is -0.475 e. The van der Waals surface area contributed by atoms with Gasteiger partial charge in [-0.1, -0.05) is 6.07 Å². The van der Waals surface area contributed by atoms with Crippen LogP contribution in [0.2, 0.25) is 0 Å². The van der Waals surface area contributed by atoms with Crippen LogP contribution in [0.3, 0.4) is 0 Å². The van der Waals surface area contributed by atoms with E-state index in [0.717, 1.165) is 0 Å². The number of amides is 1. The molecule has 0 radical (unpaired) electrons. The third-order valence-electron chi connectivity index (χ3n) is 3.72. The first kappa shape index (κ1) is 18.1. The Balaban J connectivity index is 1.49. The highest BCUT2D eigenvalue weighted by Crippen LogP contribution is 2.19. The summed E-state index contributed by atoms with van der Waals surface area (Å²) in [5.41, 5.74) is 1.21. The molecule has 1 N–H and O–H groups in total. The molecule has 0 saturated carbocycles. The highest BCUT2D eigenvalue weighted by atomic mass is 16.6. The summed E-state index contributed by atoms with van der Waals surface area (Å²) < 4.78 is 10.6. The molecular weight excluding hydrogens is 352 g/mol. The topological polar surface area (TPSA) is 120 Å². The van der Waals surface area contributed by atoms with Crippen LogP contribution in [0.4, 0.5) is 5.69 Å². The zero-order valence-corrected chi connectivity index (χ0v) is 14.4. The highest BCUT2D eigenvalue weighted by molar-refractivity contribution is 5.94. The second-order valence-corrected chi connectivity index (χ2v) is 5.60. The predicted octanol–water partition coefficient (Wildman–Crippen LogP) is 2.76. The second-order valence-electron chi connectivity index (χ2n) is 5.60. The molecule has 1 amide bonds. The van der Waals surface area contributed by atoms with E-state index in [-0.39, 0.29) is 24.4 Å². The first-order chi connectivity index (χ1) is 13.0. The van der Waals surface area contributed by atoms with E-state index in [9.17, 15) is 14.9 Å². The Kier molecular flexibility index (Phi) is 5.41. The number of hydrogen-bond acceptors (Lipinski definition) is 7. The molecule has 0 spiro atoms. The van der Waals surface area contributed by atoms with E-state index in [2.05, 4.69) is 15.5 Å². The maximum absolute atomic E-state index is 12.1. The average molecular weight is 368 g/mol. The van der Waals surface area contributed by atoms with Gasteiger partial charge in [-0.25, -0.2) is 0 Å². The molecule has 0 aliphatic rings. The molecule has 0 saturated heterocycles. The van der Waals surface area contributed by atoms with E-state index in [0.29, 0.717) is 22.9 Å². The van der Waals surface area contributed by atoms with Crippen molar-refractivity contribution in [1.29, 1.82) is 0 Å². The fourth-order valence-corrected chi connectivity index (χ4v) is 2.32. The molecule has 9 heteroatoms. The van der Waals surface area contributed by atoms with Crippen LogP contribution in [0.5, 0.6) is 5.88 Å². The number of furan rings is 1. The number of nitrogens with zero attached hydrogens (tertiary/aromatic N) is 3. The number of aromatic nitrogens is 2. The maximum Gasteiger partial charge on any atom is 0.273 e. The number of hydrogen-bond donors (Lipinski definition) is 1. The lowest BCUT2D eigenvalue weighted by Crippen LogP contribution is -2.28. The Labute approximate surface area is 154 Å². The molecule has 2 heterocycles. The van der Waals surface area contributed by atoms with Crippen LogP contribution in [0, 0.1) is 17.0 Å². The average Bonchev–Trinajstić information content (AvgIpc) is 3.20. The quantitative estimate of drug-likeness (QED) is 0.387. The lowest BCUT2D eigenvalue weighted by Gasteiger charge is -2.07. The number of nitro benzene ring substituents is 1. The predicted molar refractivity (Wildman–Crippen MR) is 95.4 cm³/mol. The van der Waals surface area contributed by atoms with Crippen molar-refractivity contribution in [2.75, 3.05) is 13.2 Å². The number of carbonyl (C=O) groups is 1. The first-order valence-corrected chi connectivity index (χ1v) is 8.08. The van der Waals surface area contributed by atoms with E-state index < -0.39 is 10.8 Å². The van der Waals surface area contributed by atoms with Gasteiger partial charge in [-0.15, -0.1) is 10.2 Å². The zero-order valence-electron chi connectivity index (χ0n) is 14.4. The Bertz CT molecular complexity index is 939. The molecule has 0 atom stereocenters. The van der Waals surface area contributed by atoms with Gasteiger partial charge in [0.05, 0.1) is 17.7 Å². The molecule has 0 fully saturated rings. The first-order valence-electron chi connectivity index (χ1n) is 8.08. The van der Waals surface area contributed by atoms with Gasteiger partial charge in [-0.2, -0.15) is 0 Å². The third kappa shape index (κ3) is 4.46. The normalized spacial score (nSPS) is 10.4. The third-order valence-corrected chi connectivity index (χ3v) is 3.72. The van der Waals surface area contributed by atoms with E-state index >= 15 is 0 Å². The summed E-state index contributed by atoms with van der Waals surface area (Å²) >= 11 is 0. The van der Waals surface area contributed by atoms with Crippen molar-refractivity contribution in [1.82, 2.24) is 15.5 Å². The number of nitrogens with one attached hydrogen (secondary N) is 1. The van der Waals surface area contributed by atoms with Crippen molar-refractivity contribution in [3.05, 3.63) is 70.0 Å². The number of nitro groups is 1. The molecule has 0 bridgehead atoms. The lowest BCUT2D eigenvalue weighted by molar-refractivity contribution is -0.385. The lowest BCUT2D eigenvalue weighted by atomic mass is 10.1. The Morgan fingerprint density at radius 2 is 2.11 bits per heavy atom. The van der Waals surface area contributed by atoms with Crippen molar-refractivity contribution in [2.24, 2.45) is 0 Å². The van der Waals surface area contributed by atoms with E-state index in [1.165, 1.54) is 12.1 Å². The number of aryl methyl sites for hydroxylation is 1. The van der Waals surface area contributed by atoms with Crippen molar-refractivity contribution in [3.63, 3.8) is 0 Å². The van der Waals surface area contributed by atoms with Gasteiger partial charge in [-0.05, 0) is 31.2 Å². The summed E-state index contributed by atoms with van der Waals surface area (Å²) in [4.78, 5) is 22.5. The zero-order chi connectivity index (χ0) is 19.2. The molecule has 0 aliphatic heterocycles. The van der Waals surface area contributed by atoms with Crippen LogP contribution >= 0.6 is 0 Å². The molecule has 2 aromatic heterocycles. The van der Waals surface area contributed by atoms with Gasteiger partial charge in [0.1, 0.15) is 12.3 Å². The van der Waals surface area contributed by atoms with Gasteiger partial charge >= 0.3 is 0 Å². The monoisotopic (exact) mass is 368 g/mol. The molecule has 1 aromatic carbocycles. The minimum atomic E-state index is -0.514. The Morgan fingerprint density at radius 1 is 1.26 bits per heavy atom. The summed E-state index contributed by atoms with van der Waals surface area (Å²) in [7, 11) is 0. The number of carbonyl (C=O) groups excluding carboxylic acids is 1. The molecule has 0 unspecified atom stereocenters. The van der Waals surface area contributed by atoms with Gasteiger partial charge < -0.3 is 14.5 Å². The summed E-state index contributed by atoms with van der Waals surface area (Å²) in [6.07, 6.45) is 1.55. The van der Waals surface area contributed by atoms with Crippen LogP contribution in [0.25, 0.3) is 11.5 Å². The molecule has 27 heavy (non-hydrogen) atoms. The number of rotatable bonds is 7. The van der Waals surface area contributed by atoms with Crippen LogP contribution in [0.15, 0.2) is 53.1 Å². The minimum absolute atomic E-state index is 0.0918. The van der Waals surface area contributed by atoms with E-state index in [1.54, 1.807) is 43.5 Å². The fraction of sp³-hybridized carbons (Fsp3) is 0.167. The molecule has 0 aliphatic carbocycles. The fourth-order valence-electron chi connectivity index (χ4n) is 2.32. The van der Waals surface area contributed by atoms with Crippen LogP contribution < -0.4 is 10.1 Å². The smallest absolute Gasteiger partial charge is 0.273 e. The summed E-state index contributed by atoms with van der Waals surface area (Å²) in [5.74, 6) is 0.500. The van der Waals surface area contributed by atoms with Gasteiger partial charge in [0, 0.05) is 23.3 Å². The molecule has 3 aromatic rings. The summed E-state index contributed by atoms with van der Waals surface area (Å²) in [6, 6.07) is 11.2. The largest absolute Gasteiger partial charge is 0.475 e. The van der Waals surface area contributed by atoms with E-state index in [4.69, 9.17) is 9.15 Å². The molecular formula is C18H16N4O5. The van der Waals surface area contributed by atoms with Crippen LogP contribution in [-0.4, -0.2) is 34.2 Å². The maximum atomic E-state index is 12.1. The van der Waals surface area contributed by atoms with Crippen LogP contribution in [-0.2, 0) is 0 Å².